The Labute approximate surface area is 122 Å². The lowest BCUT2D eigenvalue weighted by Crippen LogP contribution is -2.24. The van der Waals surface area contributed by atoms with Crippen LogP contribution in [0.25, 0.3) is 0 Å². The van der Waals surface area contributed by atoms with E-state index in [9.17, 15) is 0 Å². The van der Waals surface area contributed by atoms with Crippen molar-refractivity contribution in [3.05, 3.63) is 17.0 Å². The van der Waals surface area contributed by atoms with Crippen molar-refractivity contribution in [2.75, 3.05) is 13.2 Å². The minimum absolute atomic E-state index is 0.248. The van der Waals surface area contributed by atoms with Gasteiger partial charge >= 0.3 is 0 Å². The molecule has 2 heterocycles. The van der Waals surface area contributed by atoms with Crippen molar-refractivity contribution in [3.63, 3.8) is 0 Å². The van der Waals surface area contributed by atoms with Crippen LogP contribution in [0.4, 0.5) is 0 Å². The standard InChI is InChI=1S/C16H29N3O/c1-4-12(17)11-14-15(5-2)18-19(16(14)6-3)13-7-9-20-10-8-13/h12-13H,4-11,17H2,1-3H3. The maximum atomic E-state index is 6.18. The summed E-state index contributed by atoms with van der Waals surface area (Å²) >= 11 is 0. The number of hydrogen-bond acceptors (Lipinski definition) is 3. The number of rotatable bonds is 6. The van der Waals surface area contributed by atoms with E-state index in [1.165, 1.54) is 17.0 Å². The van der Waals surface area contributed by atoms with Gasteiger partial charge < -0.3 is 10.5 Å². The van der Waals surface area contributed by atoms with Crippen molar-refractivity contribution in [1.82, 2.24) is 9.78 Å². The molecule has 1 aliphatic rings. The molecule has 2 N–H and O–H groups in total. The van der Waals surface area contributed by atoms with Crippen LogP contribution in [0, 0.1) is 0 Å². The second-order valence-corrected chi connectivity index (χ2v) is 5.74. The highest BCUT2D eigenvalue weighted by molar-refractivity contribution is 5.28. The van der Waals surface area contributed by atoms with Crippen LogP contribution in [-0.4, -0.2) is 29.0 Å². The van der Waals surface area contributed by atoms with Gasteiger partial charge in [-0.25, -0.2) is 0 Å². The van der Waals surface area contributed by atoms with Crippen LogP contribution >= 0.6 is 0 Å². The van der Waals surface area contributed by atoms with E-state index in [0.29, 0.717) is 6.04 Å². The maximum Gasteiger partial charge on any atom is 0.0657 e. The van der Waals surface area contributed by atoms with E-state index in [0.717, 1.165) is 51.7 Å². The Hall–Kier alpha value is -0.870. The second-order valence-electron chi connectivity index (χ2n) is 5.74. The lowest BCUT2D eigenvalue weighted by atomic mass is 9.99. The lowest BCUT2D eigenvalue weighted by Gasteiger charge is -2.24. The molecule has 0 spiro atoms. The molecule has 1 aromatic heterocycles. The summed E-state index contributed by atoms with van der Waals surface area (Å²) in [6.07, 6.45) is 6.18. The fourth-order valence-electron chi connectivity index (χ4n) is 3.09. The Bertz CT molecular complexity index is 422. The zero-order valence-electron chi connectivity index (χ0n) is 13.2. The van der Waals surface area contributed by atoms with E-state index in [4.69, 9.17) is 15.6 Å². The van der Waals surface area contributed by atoms with E-state index in [-0.39, 0.29) is 6.04 Å². The summed E-state index contributed by atoms with van der Waals surface area (Å²) < 4.78 is 7.77. The molecule has 0 saturated carbocycles. The summed E-state index contributed by atoms with van der Waals surface area (Å²) in [7, 11) is 0. The molecule has 20 heavy (non-hydrogen) atoms. The van der Waals surface area contributed by atoms with Crippen LogP contribution in [0.1, 0.15) is 63.0 Å². The summed E-state index contributed by atoms with van der Waals surface area (Å²) in [6, 6.07) is 0.758. The highest BCUT2D eigenvalue weighted by Crippen LogP contribution is 2.27. The Kier molecular flexibility index (Phi) is 5.61. The lowest BCUT2D eigenvalue weighted by molar-refractivity contribution is 0.0653. The van der Waals surface area contributed by atoms with Crippen LogP contribution in [0.5, 0.6) is 0 Å². The van der Waals surface area contributed by atoms with E-state index in [1.54, 1.807) is 0 Å². The fourth-order valence-corrected chi connectivity index (χ4v) is 3.09. The van der Waals surface area contributed by atoms with Crippen molar-refractivity contribution >= 4 is 0 Å². The normalized spacial score (nSPS) is 18.4. The summed E-state index contributed by atoms with van der Waals surface area (Å²) in [5.74, 6) is 0. The summed E-state index contributed by atoms with van der Waals surface area (Å²) in [5.41, 5.74) is 10.2. The number of aryl methyl sites for hydroxylation is 1. The van der Waals surface area contributed by atoms with Gasteiger partial charge in [-0.2, -0.15) is 5.10 Å². The van der Waals surface area contributed by atoms with E-state index in [1.807, 2.05) is 0 Å². The van der Waals surface area contributed by atoms with Gasteiger partial charge in [-0.3, -0.25) is 4.68 Å². The van der Waals surface area contributed by atoms with E-state index in [2.05, 4.69) is 25.5 Å². The Morgan fingerprint density at radius 3 is 2.50 bits per heavy atom. The van der Waals surface area contributed by atoms with Gasteiger partial charge in [-0.1, -0.05) is 20.8 Å². The first kappa shape index (κ1) is 15.5. The van der Waals surface area contributed by atoms with Gasteiger partial charge in [0.15, 0.2) is 0 Å². The first-order valence-electron chi connectivity index (χ1n) is 8.13. The predicted octanol–water partition coefficient (Wildman–Crippen LogP) is 2.64. The van der Waals surface area contributed by atoms with Crippen LogP contribution in [0.15, 0.2) is 0 Å². The topological polar surface area (TPSA) is 53.1 Å². The number of nitrogens with two attached hydrogens (primary N) is 1. The van der Waals surface area contributed by atoms with Crippen LogP contribution in [0.2, 0.25) is 0 Å². The highest BCUT2D eigenvalue weighted by Gasteiger charge is 2.23. The number of aromatic nitrogens is 2. The molecule has 0 aliphatic carbocycles. The molecule has 1 atom stereocenters. The SMILES string of the molecule is CCc1nn(C2CCOCC2)c(CC)c1CC(N)CC. The Morgan fingerprint density at radius 2 is 1.95 bits per heavy atom. The number of hydrogen-bond donors (Lipinski definition) is 1. The van der Waals surface area contributed by atoms with Crippen molar-refractivity contribution < 1.29 is 4.74 Å². The first-order chi connectivity index (χ1) is 9.71. The zero-order chi connectivity index (χ0) is 14.5. The largest absolute Gasteiger partial charge is 0.381 e. The number of nitrogens with zero attached hydrogens (tertiary/aromatic N) is 2. The molecule has 4 nitrogen and oxygen atoms in total. The van der Waals surface area contributed by atoms with Gasteiger partial charge in [0.05, 0.1) is 11.7 Å². The molecule has 1 saturated heterocycles. The minimum atomic E-state index is 0.248. The van der Waals surface area contributed by atoms with Gasteiger partial charge in [-0.05, 0) is 44.1 Å². The smallest absolute Gasteiger partial charge is 0.0657 e. The predicted molar refractivity (Wildman–Crippen MR) is 82.0 cm³/mol. The third kappa shape index (κ3) is 3.23. The van der Waals surface area contributed by atoms with Crippen molar-refractivity contribution in [3.8, 4) is 0 Å². The van der Waals surface area contributed by atoms with Gasteiger partial charge in [0.1, 0.15) is 0 Å². The van der Waals surface area contributed by atoms with Crippen molar-refractivity contribution in [1.29, 1.82) is 0 Å². The molecule has 2 rings (SSSR count). The zero-order valence-corrected chi connectivity index (χ0v) is 13.2. The second kappa shape index (κ2) is 7.23. The van der Waals surface area contributed by atoms with Crippen LogP contribution < -0.4 is 5.73 Å². The molecule has 114 valence electrons. The molecule has 0 radical (unpaired) electrons. The van der Waals surface area contributed by atoms with Gasteiger partial charge in [0.25, 0.3) is 0 Å². The van der Waals surface area contributed by atoms with Crippen molar-refractivity contribution in [2.45, 2.75) is 71.4 Å². The minimum Gasteiger partial charge on any atom is -0.381 e. The first-order valence-corrected chi connectivity index (χ1v) is 8.13. The maximum absolute atomic E-state index is 6.18. The van der Waals surface area contributed by atoms with Crippen molar-refractivity contribution in [2.24, 2.45) is 5.73 Å². The van der Waals surface area contributed by atoms with E-state index >= 15 is 0 Å². The molecule has 1 unspecified atom stereocenters. The molecular formula is C16H29N3O. The summed E-state index contributed by atoms with van der Waals surface area (Å²) in [4.78, 5) is 0. The van der Waals surface area contributed by atoms with Gasteiger partial charge in [0, 0.05) is 24.9 Å². The molecule has 0 aromatic carbocycles. The average Bonchev–Trinajstić information content (AvgIpc) is 2.85. The van der Waals surface area contributed by atoms with Gasteiger partial charge in [-0.15, -0.1) is 0 Å². The third-order valence-corrected chi connectivity index (χ3v) is 4.40. The molecule has 4 heteroatoms. The summed E-state index contributed by atoms with van der Waals surface area (Å²) in [6.45, 7) is 8.30. The number of ether oxygens (including phenoxy) is 1. The highest BCUT2D eigenvalue weighted by atomic mass is 16.5. The fraction of sp³-hybridized carbons (Fsp3) is 0.812. The van der Waals surface area contributed by atoms with Crippen LogP contribution in [0.3, 0.4) is 0 Å². The van der Waals surface area contributed by atoms with Crippen LogP contribution in [-0.2, 0) is 24.0 Å². The Balaban J connectivity index is 2.31. The summed E-state index contributed by atoms with van der Waals surface area (Å²) in [5, 5.41) is 4.92. The average molecular weight is 279 g/mol. The molecule has 1 aliphatic heterocycles. The molecular weight excluding hydrogens is 250 g/mol. The monoisotopic (exact) mass is 279 g/mol. The Morgan fingerprint density at radius 1 is 1.25 bits per heavy atom. The molecule has 1 aromatic rings. The quantitative estimate of drug-likeness (QED) is 0.871. The molecule has 0 amide bonds. The molecule has 0 bridgehead atoms. The van der Waals surface area contributed by atoms with E-state index < -0.39 is 0 Å². The third-order valence-electron chi connectivity index (χ3n) is 4.40. The molecule has 1 fully saturated rings. The van der Waals surface area contributed by atoms with Gasteiger partial charge in [0.2, 0.25) is 0 Å².